The van der Waals surface area contributed by atoms with E-state index in [-0.39, 0.29) is 0 Å². The van der Waals surface area contributed by atoms with E-state index in [1.165, 1.54) is 12.8 Å². The van der Waals surface area contributed by atoms with E-state index in [0.29, 0.717) is 6.10 Å². The Balaban J connectivity index is 2.35. The van der Waals surface area contributed by atoms with Gasteiger partial charge < -0.3 is 9.64 Å². The summed E-state index contributed by atoms with van der Waals surface area (Å²) in [6, 6.07) is 2.42. The van der Waals surface area contributed by atoms with Crippen molar-refractivity contribution in [2.24, 2.45) is 0 Å². The summed E-state index contributed by atoms with van der Waals surface area (Å²) in [5, 5.41) is 12.7. The average Bonchev–Trinajstić information content (AvgIpc) is 2.94. The quantitative estimate of drug-likeness (QED) is 0.695. The predicted octanol–water partition coefficient (Wildman–Crippen LogP) is 2.16. The number of rotatable bonds is 9. The van der Waals surface area contributed by atoms with Crippen molar-refractivity contribution in [1.82, 2.24) is 10.2 Å². The summed E-state index contributed by atoms with van der Waals surface area (Å²) >= 11 is 0. The van der Waals surface area contributed by atoms with Crippen molar-refractivity contribution < 1.29 is 4.74 Å². The van der Waals surface area contributed by atoms with Crippen molar-refractivity contribution in [1.29, 1.82) is 5.26 Å². The summed E-state index contributed by atoms with van der Waals surface area (Å²) in [7, 11) is 0. The maximum absolute atomic E-state index is 9.33. The van der Waals surface area contributed by atoms with Gasteiger partial charge >= 0.3 is 0 Å². The maximum atomic E-state index is 9.33. The topological polar surface area (TPSA) is 48.3 Å². The van der Waals surface area contributed by atoms with Crippen LogP contribution in [0.3, 0.4) is 0 Å². The first kappa shape index (κ1) is 16.4. The van der Waals surface area contributed by atoms with E-state index in [2.05, 4.69) is 30.1 Å². The standard InChI is InChI=1S/C15H29N3O/c1-4-9-17-15(3,13-16)8-10-18(5-2)12-14-7-6-11-19-14/h14,17H,4-12H2,1-3H3. The van der Waals surface area contributed by atoms with E-state index in [1.54, 1.807) is 0 Å². The van der Waals surface area contributed by atoms with Gasteiger partial charge in [0.15, 0.2) is 0 Å². The maximum Gasteiger partial charge on any atom is 0.105 e. The molecule has 0 aromatic rings. The molecule has 0 aromatic heterocycles. The van der Waals surface area contributed by atoms with Crippen molar-refractivity contribution in [3.05, 3.63) is 0 Å². The van der Waals surface area contributed by atoms with E-state index < -0.39 is 5.54 Å². The van der Waals surface area contributed by atoms with E-state index in [9.17, 15) is 5.26 Å². The molecule has 1 aliphatic rings. The van der Waals surface area contributed by atoms with Gasteiger partial charge in [0.25, 0.3) is 0 Å². The van der Waals surface area contributed by atoms with Crippen LogP contribution in [0, 0.1) is 11.3 Å². The molecule has 110 valence electrons. The van der Waals surface area contributed by atoms with Crippen LogP contribution in [0.25, 0.3) is 0 Å². The number of hydrogen-bond donors (Lipinski definition) is 1. The predicted molar refractivity (Wildman–Crippen MR) is 78.0 cm³/mol. The number of nitrogens with one attached hydrogen (secondary N) is 1. The third-order valence-electron chi connectivity index (χ3n) is 3.87. The largest absolute Gasteiger partial charge is 0.377 e. The van der Waals surface area contributed by atoms with Crippen LogP contribution in [-0.2, 0) is 4.74 Å². The molecule has 0 aromatic carbocycles. The Labute approximate surface area is 118 Å². The van der Waals surface area contributed by atoms with Crippen molar-refractivity contribution in [2.75, 3.05) is 32.8 Å². The van der Waals surface area contributed by atoms with Gasteiger partial charge in [0.05, 0.1) is 12.2 Å². The summed E-state index contributed by atoms with van der Waals surface area (Å²) < 4.78 is 5.69. The molecule has 0 radical (unpaired) electrons. The molecule has 0 amide bonds. The Morgan fingerprint density at radius 2 is 2.26 bits per heavy atom. The molecular weight excluding hydrogens is 238 g/mol. The van der Waals surface area contributed by atoms with Crippen molar-refractivity contribution >= 4 is 0 Å². The fourth-order valence-electron chi connectivity index (χ4n) is 2.42. The highest BCUT2D eigenvalue weighted by Crippen LogP contribution is 2.15. The molecule has 1 heterocycles. The number of nitrogens with zero attached hydrogens (tertiary/aromatic N) is 2. The first-order valence-electron chi connectivity index (χ1n) is 7.63. The Hall–Kier alpha value is -0.630. The van der Waals surface area contributed by atoms with Gasteiger partial charge in [-0.3, -0.25) is 5.32 Å². The van der Waals surface area contributed by atoms with Gasteiger partial charge in [-0.2, -0.15) is 5.26 Å². The zero-order valence-electron chi connectivity index (χ0n) is 12.7. The van der Waals surface area contributed by atoms with Gasteiger partial charge in [0, 0.05) is 19.7 Å². The van der Waals surface area contributed by atoms with Gasteiger partial charge in [-0.05, 0) is 45.7 Å². The summed E-state index contributed by atoms with van der Waals surface area (Å²) in [4.78, 5) is 2.40. The normalized spacial score (nSPS) is 22.4. The lowest BCUT2D eigenvalue weighted by molar-refractivity contribution is 0.0727. The second-order valence-electron chi connectivity index (χ2n) is 5.65. The smallest absolute Gasteiger partial charge is 0.105 e. The molecule has 0 aliphatic carbocycles. The minimum Gasteiger partial charge on any atom is -0.377 e. The van der Waals surface area contributed by atoms with Gasteiger partial charge in [-0.15, -0.1) is 0 Å². The SMILES string of the molecule is CCCNC(C)(C#N)CCN(CC)CC1CCCO1. The minimum absolute atomic E-state index is 0.400. The summed E-state index contributed by atoms with van der Waals surface area (Å²) in [5.41, 5.74) is -0.403. The summed E-state index contributed by atoms with van der Waals surface area (Å²) in [6.45, 7) is 11.1. The van der Waals surface area contributed by atoms with E-state index in [1.807, 2.05) is 6.92 Å². The highest BCUT2D eigenvalue weighted by atomic mass is 16.5. The van der Waals surface area contributed by atoms with Crippen LogP contribution in [0.15, 0.2) is 0 Å². The van der Waals surface area contributed by atoms with Crippen LogP contribution in [0.1, 0.15) is 46.5 Å². The molecule has 1 saturated heterocycles. The number of ether oxygens (including phenoxy) is 1. The monoisotopic (exact) mass is 267 g/mol. The van der Waals surface area contributed by atoms with Crippen LogP contribution >= 0.6 is 0 Å². The molecule has 1 fully saturated rings. The zero-order valence-corrected chi connectivity index (χ0v) is 12.7. The lowest BCUT2D eigenvalue weighted by atomic mass is 9.99. The Morgan fingerprint density at radius 1 is 1.47 bits per heavy atom. The summed E-state index contributed by atoms with van der Waals surface area (Å²) in [5.74, 6) is 0. The van der Waals surface area contributed by atoms with Crippen LogP contribution in [0.2, 0.25) is 0 Å². The molecule has 19 heavy (non-hydrogen) atoms. The Kier molecular flexibility index (Phi) is 7.37. The molecule has 2 atom stereocenters. The lowest BCUT2D eigenvalue weighted by Gasteiger charge is -2.29. The van der Waals surface area contributed by atoms with Gasteiger partial charge in [0.1, 0.15) is 5.54 Å². The average molecular weight is 267 g/mol. The molecule has 0 spiro atoms. The fourth-order valence-corrected chi connectivity index (χ4v) is 2.42. The van der Waals surface area contributed by atoms with Crippen molar-refractivity contribution in [3.8, 4) is 6.07 Å². The molecule has 0 saturated carbocycles. The zero-order chi connectivity index (χ0) is 14.1. The van der Waals surface area contributed by atoms with E-state index in [4.69, 9.17) is 4.74 Å². The number of nitriles is 1. The third kappa shape index (κ3) is 5.90. The fraction of sp³-hybridized carbons (Fsp3) is 0.933. The van der Waals surface area contributed by atoms with Gasteiger partial charge in [-0.1, -0.05) is 13.8 Å². The lowest BCUT2D eigenvalue weighted by Crippen LogP contribution is -2.45. The molecule has 1 rings (SSSR count). The molecular formula is C15H29N3O. The van der Waals surface area contributed by atoms with Crippen molar-refractivity contribution in [2.45, 2.75) is 58.1 Å². The molecule has 4 nitrogen and oxygen atoms in total. The molecule has 1 N–H and O–H groups in total. The minimum atomic E-state index is -0.403. The molecule has 4 heteroatoms. The number of hydrogen-bond acceptors (Lipinski definition) is 4. The number of likely N-dealkylation sites (N-methyl/N-ethyl adjacent to an activating group) is 1. The summed E-state index contributed by atoms with van der Waals surface area (Å²) in [6.07, 6.45) is 4.70. The molecule has 0 bridgehead atoms. The van der Waals surface area contributed by atoms with Crippen LogP contribution in [0.4, 0.5) is 0 Å². The first-order chi connectivity index (χ1) is 9.13. The van der Waals surface area contributed by atoms with Gasteiger partial charge in [0.2, 0.25) is 0 Å². The highest BCUT2D eigenvalue weighted by molar-refractivity contribution is 5.03. The van der Waals surface area contributed by atoms with Crippen LogP contribution in [-0.4, -0.2) is 49.3 Å². The highest BCUT2D eigenvalue weighted by Gasteiger charge is 2.24. The molecule has 1 aliphatic heterocycles. The van der Waals surface area contributed by atoms with E-state index >= 15 is 0 Å². The second kappa shape index (κ2) is 8.52. The van der Waals surface area contributed by atoms with E-state index in [0.717, 1.165) is 45.6 Å². The Morgan fingerprint density at radius 3 is 2.79 bits per heavy atom. The van der Waals surface area contributed by atoms with Crippen LogP contribution in [0.5, 0.6) is 0 Å². The van der Waals surface area contributed by atoms with Crippen molar-refractivity contribution in [3.63, 3.8) is 0 Å². The van der Waals surface area contributed by atoms with Gasteiger partial charge in [-0.25, -0.2) is 0 Å². The van der Waals surface area contributed by atoms with Crippen LogP contribution < -0.4 is 5.32 Å². The first-order valence-corrected chi connectivity index (χ1v) is 7.63. The third-order valence-corrected chi connectivity index (χ3v) is 3.87. The Bertz CT molecular complexity index is 284. The second-order valence-corrected chi connectivity index (χ2v) is 5.65. The molecule has 2 unspecified atom stereocenters.